The quantitative estimate of drug-likeness (QED) is 0.747. The van der Waals surface area contributed by atoms with Gasteiger partial charge in [0.15, 0.2) is 0 Å². The van der Waals surface area contributed by atoms with Crippen LogP contribution >= 0.6 is 0 Å². The number of hydrogen-bond acceptors (Lipinski definition) is 4. The molecule has 1 aromatic carbocycles. The van der Waals surface area contributed by atoms with Gasteiger partial charge in [-0.1, -0.05) is 42.5 Å². The largest absolute Gasteiger partial charge is 0.368 e. The minimum Gasteiger partial charge on any atom is -0.368 e. The Morgan fingerprint density at radius 2 is 2.11 bits per heavy atom. The molecule has 0 radical (unpaired) electrons. The molecule has 0 saturated carbocycles. The zero-order valence-electron chi connectivity index (χ0n) is 11.1. The first-order valence-corrected chi connectivity index (χ1v) is 6.28. The van der Waals surface area contributed by atoms with E-state index in [9.17, 15) is 4.79 Å². The molecule has 1 unspecified atom stereocenters. The third-order valence-corrected chi connectivity index (χ3v) is 2.88. The highest BCUT2D eigenvalue weighted by Crippen LogP contribution is 2.21. The normalized spacial score (nSPS) is 12.3. The van der Waals surface area contributed by atoms with Gasteiger partial charge >= 0.3 is 0 Å². The fourth-order valence-corrected chi connectivity index (χ4v) is 1.98. The summed E-state index contributed by atoms with van der Waals surface area (Å²) in [6.45, 7) is 2.70. The lowest BCUT2D eigenvalue weighted by Gasteiger charge is -2.14. The SMILES string of the molecule is CCCn1nncc1C(=O)C(OC)c1ccccc1. The molecule has 0 aliphatic rings. The number of carbonyl (C=O) groups excluding carboxylic acids is 1. The zero-order valence-corrected chi connectivity index (χ0v) is 11.1. The molecule has 0 fully saturated rings. The van der Waals surface area contributed by atoms with Gasteiger partial charge in [0.25, 0.3) is 0 Å². The van der Waals surface area contributed by atoms with Crippen molar-refractivity contribution in [1.29, 1.82) is 0 Å². The molecule has 2 rings (SSSR count). The summed E-state index contributed by atoms with van der Waals surface area (Å²) in [4.78, 5) is 12.5. The van der Waals surface area contributed by atoms with Crippen molar-refractivity contribution in [3.05, 3.63) is 47.8 Å². The second-order valence-corrected chi connectivity index (χ2v) is 4.23. The van der Waals surface area contributed by atoms with E-state index >= 15 is 0 Å². The number of methoxy groups -OCH3 is 1. The zero-order chi connectivity index (χ0) is 13.7. The van der Waals surface area contributed by atoms with Gasteiger partial charge in [-0.3, -0.25) is 4.79 Å². The van der Waals surface area contributed by atoms with Crippen LogP contribution in [0, 0.1) is 0 Å². The van der Waals surface area contributed by atoms with Crippen LogP contribution in [0.15, 0.2) is 36.5 Å². The summed E-state index contributed by atoms with van der Waals surface area (Å²) in [7, 11) is 1.53. The lowest BCUT2D eigenvalue weighted by molar-refractivity contribution is 0.0593. The fraction of sp³-hybridized carbons (Fsp3) is 0.357. The minimum atomic E-state index is -0.615. The van der Waals surface area contributed by atoms with Crippen LogP contribution in [0.5, 0.6) is 0 Å². The van der Waals surface area contributed by atoms with Gasteiger partial charge in [-0.05, 0) is 12.0 Å². The molecule has 1 aromatic heterocycles. The molecule has 0 N–H and O–H groups in total. The molecule has 5 heteroatoms. The molecule has 1 heterocycles. The Morgan fingerprint density at radius 3 is 2.74 bits per heavy atom. The molecular formula is C14H17N3O2. The van der Waals surface area contributed by atoms with Gasteiger partial charge in [0.2, 0.25) is 5.78 Å². The van der Waals surface area contributed by atoms with E-state index in [-0.39, 0.29) is 5.78 Å². The Kier molecular flexibility index (Phi) is 4.41. The number of aryl methyl sites for hydroxylation is 1. The van der Waals surface area contributed by atoms with Gasteiger partial charge in [0.05, 0.1) is 6.20 Å². The first-order valence-electron chi connectivity index (χ1n) is 6.28. The number of carbonyl (C=O) groups is 1. The third kappa shape index (κ3) is 2.88. The summed E-state index contributed by atoms with van der Waals surface area (Å²) in [5.41, 5.74) is 1.32. The molecule has 0 spiro atoms. The van der Waals surface area contributed by atoms with Crippen molar-refractivity contribution in [1.82, 2.24) is 15.0 Å². The molecule has 0 aliphatic carbocycles. The fourth-order valence-electron chi connectivity index (χ4n) is 1.98. The highest BCUT2D eigenvalue weighted by Gasteiger charge is 2.24. The van der Waals surface area contributed by atoms with E-state index in [0.717, 1.165) is 12.0 Å². The van der Waals surface area contributed by atoms with Crippen molar-refractivity contribution in [3.63, 3.8) is 0 Å². The number of hydrogen-bond donors (Lipinski definition) is 0. The first-order chi connectivity index (χ1) is 9.27. The predicted octanol–water partition coefficient (Wildman–Crippen LogP) is 2.26. The van der Waals surface area contributed by atoms with E-state index in [0.29, 0.717) is 12.2 Å². The van der Waals surface area contributed by atoms with Crippen molar-refractivity contribution < 1.29 is 9.53 Å². The molecule has 0 aliphatic heterocycles. The standard InChI is InChI=1S/C14H17N3O2/c1-3-9-17-12(10-15-16-17)13(18)14(19-2)11-7-5-4-6-8-11/h4-8,10,14H,3,9H2,1-2H3. The average molecular weight is 259 g/mol. The average Bonchev–Trinajstić information content (AvgIpc) is 2.89. The Morgan fingerprint density at radius 1 is 1.37 bits per heavy atom. The highest BCUT2D eigenvalue weighted by molar-refractivity contribution is 5.98. The number of benzene rings is 1. The molecule has 19 heavy (non-hydrogen) atoms. The molecule has 1 atom stereocenters. The molecule has 0 saturated heterocycles. The first kappa shape index (κ1) is 13.4. The van der Waals surface area contributed by atoms with Gasteiger partial charge in [-0.2, -0.15) is 0 Å². The lowest BCUT2D eigenvalue weighted by atomic mass is 10.0. The summed E-state index contributed by atoms with van der Waals surface area (Å²) < 4.78 is 6.96. The van der Waals surface area contributed by atoms with Crippen molar-refractivity contribution in [2.75, 3.05) is 7.11 Å². The number of Topliss-reactive ketones (excluding diaryl/α,β-unsaturated/α-hetero) is 1. The van der Waals surface area contributed by atoms with Crippen molar-refractivity contribution in [3.8, 4) is 0 Å². The second kappa shape index (κ2) is 6.24. The Bertz CT molecular complexity index is 537. The van der Waals surface area contributed by atoms with Crippen LogP contribution in [0.3, 0.4) is 0 Å². The summed E-state index contributed by atoms with van der Waals surface area (Å²) in [6, 6.07) is 9.43. The van der Waals surface area contributed by atoms with Gasteiger partial charge in [-0.15, -0.1) is 5.10 Å². The maximum Gasteiger partial charge on any atom is 0.215 e. The van der Waals surface area contributed by atoms with E-state index in [2.05, 4.69) is 10.3 Å². The monoisotopic (exact) mass is 259 g/mol. The van der Waals surface area contributed by atoms with Crippen molar-refractivity contribution >= 4 is 5.78 Å². The smallest absolute Gasteiger partial charge is 0.215 e. The van der Waals surface area contributed by atoms with E-state index in [1.54, 1.807) is 4.68 Å². The number of ether oxygens (including phenoxy) is 1. The number of aromatic nitrogens is 3. The van der Waals surface area contributed by atoms with Gasteiger partial charge in [0.1, 0.15) is 11.8 Å². The van der Waals surface area contributed by atoms with Crippen LogP contribution in [0.1, 0.15) is 35.5 Å². The van der Waals surface area contributed by atoms with E-state index in [1.165, 1.54) is 13.3 Å². The van der Waals surface area contributed by atoms with Gasteiger partial charge in [-0.25, -0.2) is 4.68 Å². The molecule has 2 aromatic rings. The number of nitrogens with zero attached hydrogens (tertiary/aromatic N) is 3. The highest BCUT2D eigenvalue weighted by atomic mass is 16.5. The van der Waals surface area contributed by atoms with Crippen LogP contribution in [0.2, 0.25) is 0 Å². The minimum absolute atomic E-state index is 0.118. The van der Waals surface area contributed by atoms with Crippen molar-refractivity contribution in [2.45, 2.75) is 26.0 Å². The van der Waals surface area contributed by atoms with Crippen LogP contribution in [-0.2, 0) is 11.3 Å². The maximum absolute atomic E-state index is 12.5. The van der Waals surface area contributed by atoms with Crippen molar-refractivity contribution in [2.24, 2.45) is 0 Å². The predicted molar refractivity (Wildman–Crippen MR) is 70.8 cm³/mol. The van der Waals surface area contributed by atoms with Gasteiger partial charge in [0, 0.05) is 13.7 Å². The second-order valence-electron chi connectivity index (χ2n) is 4.23. The summed E-state index contributed by atoms with van der Waals surface area (Å²) >= 11 is 0. The Labute approximate surface area is 112 Å². The summed E-state index contributed by atoms with van der Waals surface area (Å²) in [5, 5.41) is 7.74. The molecule has 100 valence electrons. The van der Waals surface area contributed by atoms with Crippen LogP contribution < -0.4 is 0 Å². The van der Waals surface area contributed by atoms with Gasteiger partial charge < -0.3 is 4.74 Å². The van der Waals surface area contributed by atoms with E-state index in [4.69, 9.17) is 4.74 Å². The maximum atomic E-state index is 12.5. The van der Waals surface area contributed by atoms with E-state index < -0.39 is 6.10 Å². The van der Waals surface area contributed by atoms with Crippen LogP contribution in [0.4, 0.5) is 0 Å². The summed E-state index contributed by atoms with van der Waals surface area (Å²) in [6.07, 6.45) is 1.77. The number of ketones is 1. The number of rotatable bonds is 6. The Hall–Kier alpha value is -2.01. The molecular weight excluding hydrogens is 242 g/mol. The lowest BCUT2D eigenvalue weighted by Crippen LogP contribution is -2.19. The van der Waals surface area contributed by atoms with Crippen LogP contribution in [-0.4, -0.2) is 27.9 Å². The topological polar surface area (TPSA) is 57.0 Å². The molecule has 5 nitrogen and oxygen atoms in total. The Balaban J connectivity index is 2.28. The molecule has 0 amide bonds. The summed E-state index contributed by atoms with van der Waals surface area (Å²) in [5.74, 6) is -0.118. The van der Waals surface area contributed by atoms with E-state index in [1.807, 2.05) is 37.3 Å². The van der Waals surface area contributed by atoms with Crippen LogP contribution in [0.25, 0.3) is 0 Å². The molecule has 0 bridgehead atoms. The third-order valence-electron chi connectivity index (χ3n) is 2.88.